The number of nitrogens with one attached hydrogen (secondary N) is 1. The molecular formula is C10H19NO2. The van der Waals surface area contributed by atoms with Gasteiger partial charge in [0.1, 0.15) is 0 Å². The van der Waals surface area contributed by atoms with Crippen molar-refractivity contribution in [3.63, 3.8) is 0 Å². The van der Waals surface area contributed by atoms with Gasteiger partial charge in [-0.2, -0.15) is 0 Å². The maximum Gasteiger partial charge on any atom is 0.220 e. The van der Waals surface area contributed by atoms with Gasteiger partial charge in [-0.05, 0) is 31.1 Å². The maximum absolute atomic E-state index is 11.1. The van der Waals surface area contributed by atoms with E-state index in [0.717, 1.165) is 12.5 Å². The van der Waals surface area contributed by atoms with Crippen LogP contribution in [0.3, 0.4) is 0 Å². The monoisotopic (exact) mass is 185 g/mol. The van der Waals surface area contributed by atoms with Crippen molar-refractivity contribution < 1.29 is 9.90 Å². The molecule has 0 aromatic rings. The Morgan fingerprint density at radius 3 is 2.85 bits per heavy atom. The van der Waals surface area contributed by atoms with Crippen LogP contribution in [0.1, 0.15) is 32.6 Å². The molecule has 0 aromatic carbocycles. The molecule has 3 nitrogen and oxygen atoms in total. The minimum atomic E-state index is 0.0709. The fourth-order valence-corrected chi connectivity index (χ4v) is 1.43. The molecule has 1 saturated carbocycles. The van der Waals surface area contributed by atoms with E-state index in [2.05, 4.69) is 12.2 Å². The van der Waals surface area contributed by atoms with Gasteiger partial charge in [0.05, 0.1) is 0 Å². The Morgan fingerprint density at radius 1 is 1.62 bits per heavy atom. The van der Waals surface area contributed by atoms with E-state index >= 15 is 0 Å². The van der Waals surface area contributed by atoms with Crippen molar-refractivity contribution in [3.05, 3.63) is 0 Å². The predicted molar refractivity (Wildman–Crippen MR) is 51.2 cm³/mol. The molecule has 3 heteroatoms. The molecular weight excluding hydrogens is 166 g/mol. The fourth-order valence-electron chi connectivity index (χ4n) is 1.43. The Balaban J connectivity index is 2.00. The molecule has 0 aliphatic heterocycles. The van der Waals surface area contributed by atoms with E-state index in [1.54, 1.807) is 0 Å². The van der Waals surface area contributed by atoms with Crippen molar-refractivity contribution in [2.75, 3.05) is 13.2 Å². The van der Waals surface area contributed by atoms with Crippen molar-refractivity contribution in [1.29, 1.82) is 0 Å². The normalized spacial score (nSPS) is 18.3. The van der Waals surface area contributed by atoms with E-state index in [-0.39, 0.29) is 12.5 Å². The molecule has 13 heavy (non-hydrogen) atoms. The summed E-state index contributed by atoms with van der Waals surface area (Å²) in [7, 11) is 0. The molecule has 0 bridgehead atoms. The molecule has 76 valence electrons. The molecule has 0 aromatic heterocycles. The summed E-state index contributed by atoms with van der Waals surface area (Å²) in [6, 6.07) is 0. The lowest BCUT2D eigenvalue weighted by Crippen LogP contribution is -2.28. The molecule has 0 saturated heterocycles. The minimum Gasteiger partial charge on any atom is -0.396 e. The van der Waals surface area contributed by atoms with Gasteiger partial charge >= 0.3 is 0 Å². The van der Waals surface area contributed by atoms with Crippen LogP contribution in [0.25, 0.3) is 0 Å². The Bertz CT molecular complexity index is 166. The van der Waals surface area contributed by atoms with Gasteiger partial charge in [-0.3, -0.25) is 4.79 Å². The Kier molecular flexibility index (Phi) is 4.22. The number of carbonyl (C=O) groups excluding carboxylic acids is 1. The van der Waals surface area contributed by atoms with E-state index in [4.69, 9.17) is 5.11 Å². The van der Waals surface area contributed by atoms with Gasteiger partial charge in [-0.1, -0.05) is 6.92 Å². The van der Waals surface area contributed by atoms with Crippen molar-refractivity contribution >= 4 is 5.91 Å². The highest BCUT2D eigenvalue weighted by molar-refractivity contribution is 5.75. The number of hydrogen-bond donors (Lipinski definition) is 2. The largest absolute Gasteiger partial charge is 0.396 e. The second kappa shape index (κ2) is 5.22. The van der Waals surface area contributed by atoms with Crippen LogP contribution < -0.4 is 5.32 Å². The van der Waals surface area contributed by atoms with E-state index in [9.17, 15) is 4.79 Å². The van der Waals surface area contributed by atoms with Crippen molar-refractivity contribution in [1.82, 2.24) is 5.32 Å². The topological polar surface area (TPSA) is 49.3 Å². The first-order chi connectivity index (χ1) is 6.24. The van der Waals surface area contributed by atoms with Crippen LogP contribution in [0.2, 0.25) is 0 Å². The first kappa shape index (κ1) is 10.5. The highest BCUT2D eigenvalue weighted by atomic mass is 16.3. The lowest BCUT2D eigenvalue weighted by atomic mass is 10.1. The van der Waals surface area contributed by atoms with Gasteiger partial charge in [0, 0.05) is 19.6 Å². The molecule has 0 heterocycles. The molecule has 1 amide bonds. The molecule has 0 radical (unpaired) electrons. The number of rotatable bonds is 6. The molecule has 0 spiro atoms. The summed E-state index contributed by atoms with van der Waals surface area (Å²) < 4.78 is 0. The third-order valence-electron chi connectivity index (χ3n) is 2.61. The van der Waals surface area contributed by atoms with E-state index in [1.807, 2.05) is 0 Å². The van der Waals surface area contributed by atoms with Crippen LogP contribution in [-0.2, 0) is 4.79 Å². The summed E-state index contributed by atoms with van der Waals surface area (Å²) in [6.07, 6.45) is 3.68. The summed E-state index contributed by atoms with van der Waals surface area (Å²) in [6.45, 7) is 3.09. The van der Waals surface area contributed by atoms with Gasteiger partial charge in [-0.15, -0.1) is 0 Å². The van der Waals surface area contributed by atoms with Crippen LogP contribution in [0.4, 0.5) is 0 Å². The van der Waals surface area contributed by atoms with Gasteiger partial charge in [0.15, 0.2) is 0 Å². The number of amides is 1. The summed E-state index contributed by atoms with van der Waals surface area (Å²) in [4.78, 5) is 11.1. The standard InChI is InChI=1S/C10H19NO2/c1-8(9-4-5-9)7-11-10(13)3-2-6-12/h8-9,12H,2-7H2,1H3,(H,11,13). The molecule has 1 unspecified atom stereocenters. The van der Waals surface area contributed by atoms with Crippen molar-refractivity contribution in [2.45, 2.75) is 32.6 Å². The lowest BCUT2D eigenvalue weighted by Gasteiger charge is -2.10. The van der Waals surface area contributed by atoms with Gasteiger partial charge < -0.3 is 10.4 Å². The average Bonchev–Trinajstić information content (AvgIpc) is 2.93. The zero-order chi connectivity index (χ0) is 9.68. The van der Waals surface area contributed by atoms with Crippen LogP contribution >= 0.6 is 0 Å². The zero-order valence-electron chi connectivity index (χ0n) is 8.25. The average molecular weight is 185 g/mol. The fraction of sp³-hybridized carbons (Fsp3) is 0.900. The Labute approximate surface area is 79.5 Å². The summed E-state index contributed by atoms with van der Waals surface area (Å²) in [5.74, 6) is 1.54. The van der Waals surface area contributed by atoms with Gasteiger partial charge in [0.25, 0.3) is 0 Å². The number of carbonyl (C=O) groups is 1. The Morgan fingerprint density at radius 2 is 2.31 bits per heavy atom. The van der Waals surface area contributed by atoms with E-state index in [0.29, 0.717) is 18.8 Å². The van der Waals surface area contributed by atoms with Crippen molar-refractivity contribution in [3.8, 4) is 0 Å². The predicted octanol–water partition coefficient (Wildman–Crippen LogP) is 0.921. The first-order valence-electron chi connectivity index (χ1n) is 5.11. The van der Waals surface area contributed by atoms with Gasteiger partial charge in [-0.25, -0.2) is 0 Å². The zero-order valence-corrected chi connectivity index (χ0v) is 8.25. The second-order valence-electron chi connectivity index (χ2n) is 3.95. The molecule has 1 rings (SSSR count). The van der Waals surface area contributed by atoms with E-state index < -0.39 is 0 Å². The highest BCUT2D eigenvalue weighted by Gasteiger charge is 2.27. The lowest BCUT2D eigenvalue weighted by molar-refractivity contribution is -0.121. The summed E-state index contributed by atoms with van der Waals surface area (Å²) in [5.41, 5.74) is 0. The molecule has 2 N–H and O–H groups in total. The van der Waals surface area contributed by atoms with Crippen LogP contribution in [-0.4, -0.2) is 24.2 Å². The summed E-state index contributed by atoms with van der Waals surface area (Å²) in [5, 5.41) is 11.4. The third kappa shape index (κ3) is 4.27. The van der Waals surface area contributed by atoms with Gasteiger partial charge in [0.2, 0.25) is 5.91 Å². The molecule has 1 aliphatic carbocycles. The number of aliphatic hydroxyl groups is 1. The molecule has 1 aliphatic rings. The van der Waals surface area contributed by atoms with Crippen molar-refractivity contribution in [2.24, 2.45) is 11.8 Å². The quantitative estimate of drug-likeness (QED) is 0.646. The first-order valence-corrected chi connectivity index (χ1v) is 5.11. The number of aliphatic hydroxyl groups excluding tert-OH is 1. The third-order valence-corrected chi connectivity index (χ3v) is 2.61. The van der Waals surface area contributed by atoms with Crippen LogP contribution in [0.15, 0.2) is 0 Å². The minimum absolute atomic E-state index is 0.0709. The second-order valence-corrected chi connectivity index (χ2v) is 3.95. The smallest absolute Gasteiger partial charge is 0.220 e. The summed E-state index contributed by atoms with van der Waals surface area (Å²) >= 11 is 0. The van der Waals surface area contributed by atoms with E-state index in [1.165, 1.54) is 12.8 Å². The number of hydrogen-bond acceptors (Lipinski definition) is 2. The van der Waals surface area contributed by atoms with Crippen LogP contribution in [0, 0.1) is 11.8 Å². The maximum atomic E-state index is 11.1. The molecule has 1 atom stereocenters. The SMILES string of the molecule is CC(CNC(=O)CCCO)C1CC1. The van der Waals surface area contributed by atoms with Crippen LogP contribution in [0.5, 0.6) is 0 Å². The Hall–Kier alpha value is -0.570. The highest BCUT2D eigenvalue weighted by Crippen LogP contribution is 2.35. The molecule has 1 fully saturated rings.